The Bertz CT molecular complexity index is 883. The molecule has 1 unspecified atom stereocenters. The van der Waals surface area contributed by atoms with Crippen LogP contribution in [0.4, 0.5) is 0 Å². The molecule has 0 fully saturated rings. The first kappa shape index (κ1) is 21.0. The number of rotatable bonds is 8. The second kappa shape index (κ2) is 9.07. The first-order chi connectivity index (χ1) is 12.8. The maximum Gasteiger partial charge on any atom is 0.299 e. The smallest absolute Gasteiger partial charge is 0.299 e. The second-order valence-corrected chi connectivity index (χ2v) is 8.04. The Labute approximate surface area is 159 Å². The van der Waals surface area contributed by atoms with E-state index in [0.717, 1.165) is 11.1 Å². The number of aromatic hydroxyl groups is 1. The molecule has 0 saturated carbocycles. The monoisotopic (exact) mass is 392 g/mol. The van der Waals surface area contributed by atoms with Crippen molar-refractivity contribution in [1.82, 2.24) is 0 Å². The molecule has 0 aromatic heterocycles. The van der Waals surface area contributed by atoms with Crippen LogP contribution in [0.15, 0.2) is 50.9 Å². The molecule has 2 rings (SSSR count). The fourth-order valence-electron chi connectivity index (χ4n) is 2.55. The van der Waals surface area contributed by atoms with Crippen LogP contribution in [0.2, 0.25) is 0 Å². The van der Waals surface area contributed by atoms with E-state index in [9.17, 15) is 23.7 Å². The summed E-state index contributed by atoms with van der Waals surface area (Å²) in [5.41, 5.74) is 2.45. The molecule has 0 spiro atoms. The zero-order valence-electron chi connectivity index (χ0n) is 15.3. The summed E-state index contributed by atoms with van der Waals surface area (Å²) < 4.78 is 27.9. The molecule has 0 aliphatic rings. The van der Waals surface area contributed by atoms with Crippen molar-refractivity contribution in [3.63, 3.8) is 0 Å². The lowest BCUT2D eigenvalue weighted by molar-refractivity contribution is 0.263. The van der Waals surface area contributed by atoms with E-state index in [2.05, 4.69) is 9.63 Å². The maximum absolute atomic E-state index is 12.2. The molecule has 146 valence electrons. The second-order valence-electron chi connectivity index (χ2n) is 6.45. The molecule has 27 heavy (non-hydrogen) atoms. The predicted molar refractivity (Wildman–Crippen MR) is 101 cm³/mol. The minimum atomic E-state index is -3.82. The first-order valence-electron chi connectivity index (χ1n) is 8.56. The summed E-state index contributed by atoms with van der Waals surface area (Å²) in [7, 11) is -3.82. The van der Waals surface area contributed by atoms with E-state index < -0.39 is 10.0 Å². The molecule has 7 nitrogen and oxygen atoms in total. The van der Waals surface area contributed by atoms with E-state index in [4.69, 9.17) is 0 Å². The molecule has 0 radical (unpaired) electrons. The normalized spacial score (nSPS) is 13.2. The molecule has 2 aromatic carbocycles. The van der Waals surface area contributed by atoms with Gasteiger partial charge in [-0.2, -0.15) is 13.5 Å². The summed E-state index contributed by atoms with van der Waals surface area (Å²) >= 11 is 0. The third-order valence-corrected chi connectivity index (χ3v) is 5.37. The third-order valence-electron chi connectivity index (χ3n) is 4.19. The molecule has 8 heteroatoms. The molecule has 2 aromatic rings. The van der Waals surface area contributed by atoms with Gasteiger partial charge in [0.25, 0.3) is 10.0 Å². The van der Waals surface area contributed by atoms with Crippen molar-refractivity contribution in [2.75, 3.05) is 0 Å². The van der Waals surface area contributed by atoms with E-state index in [1.54, 1.807) is 31.2 Å². The summed E-state index contributed by atoms with van der Waals surface area (Å²) in [6, 6.07) is 9.37. The van der Waals surface area contributed by atoms with Gasteiger partial charge in [-0.3, -0.25) is 0 Å². The first-order valence-corrected chi connectivity index (χ1v) is 10.00. The van der Waals surface area contributed by atoms with Crippen LogP contribution >= 0.6 is 0 Å². The lowest BCUT2D eigenvalue weighted by Crippen LogP contribution is -2.03. The lowest BCUT2D eigenvalue weighted by Gasteiger charge is -2.11. The number of aliphatic hydroxyl groups excluding tert-OH is 2. The van der Waals surface area contributed by atoms with Crippen LogP contribution in [-0.2, 0) is 29.7 Å². The Hall–Kier alpha value is -2.29. The molecule has 0 heterocycles. The van der Waals surface area contributed by atoms with Crippen molar-refractivity contribution in [2.45, 2.75) is 50.8 Å². The van der Waals surface area contributed by atoms with Gasteiger partial charge in [0.15, 0.2) is 0 Å². The Morgan fingerprint density at radius 2 is 1.59 bits per heavy atom. The van der Waals surface area contributed by atoms with Crippen LogP contribution in [0.5, 0.6) is 5.75 Å². The molecular formula is C19H24N2O5S. The lowest BCUT2D eigenvalue weighted by atomic mass is 10.00. The van der Waals surface area contributed by atoms with Crippen LogP contribution in [0.3, 0.4) is 0 Å². The summed E-state index contributed by atoms with van der Waals surface area (Å²) in [6.45, 7) is 2.95. The number of benzene rings is 2. The van der Waals surface area contributed by atoms with Crippen LogP contribution in [0.25, 0.3) is 0 Å². The number of phenols is 1. The zero-order valence-corrected chi connectivity index (χ0v) is 16.1. The molecule has 0 aliphatic heterocycles. The Morgan fingerprint density at radius 3 is 2.11 bits per heavy atom. The Morgan fingerprint density at radius 1 is 1.04 bits per heavy atom. The molecule has 0 aliphatic carbocycles. The van der Waals surface area contributed by atoms with E-state index in [1.807, 2.05) is 6.92 Å². The van der Waals surface area contributed by atoms with E-state index in [-0.39, 0.29) is 29.9 Å². The molecule has 0 bridgehead atoms. The van der Waals surface area contributed by atoms with Crippen molar-refractivity contribution >= 4 is 10.0 Å². The average Bonchev–Trinajstić information content (AvgIpc) is 2.65. The van der Waals surface area contributed by atoms with E-state index in [0.29, 0.717) is 24.0 Å². The number of sulfonamides is 1. The highest BCUT2D eigenvalue weighted by atomic mass is 32.2. The van der Waals surface area contributed by atoms with Gasteiger partial charge in [0.05, 0.1) is 24.2 Å². The van der Waals surface area contributed by atoms with Crippen LogP contribution in [0, 0.1) is 6.92 Å². The standard InChI is InChI=1S/C19H24N2O5S/c1-13-3-7-18(8-4-13)27(25,26)21-20-14(2)5-6-15-9-16(11-22)19(24)17(10-15)12-23/h3-4,7-10,14,22-24H,5-6,11-12H2,1-2H3. The van der Waals surface area contributed by atoms with Crippen molar-refractivity contribution in [1.29, 1.82) is 0 Å². The quantitative estimate of drug-likeness (QED) is 0.597. The van der Waals surface area contributed by atoms with Crippen LogP contribution in [0.1, 0.15) is 35.6 Å². The summed E-state index contributed by atoms with van der Waals surface area (Å²) in [6.07, 6.45) is 1.05. The minimum absolute atomic E-state index is 0.0998. The highest BCUT2D eigenvalue weighted by molar-refractivity contribution is 7.90. The third kappa shape index (κ3) is 5.59. The van der Waals surface area contributed by atoms with E-state index >= 15 is 0 Å². The number of nitrogens with zero attached hydrogens (tertiary/aromatic N) is 2. The number of hydrogen-bond donors (Lipinski definition) is 3. The largest absolute Gasteiger partial charge is 0.507 e. The van der Waals surface area contributed by atoms with Crippen molar-refractivity contribution in [3.8, 4) is 5.75 Å². The molecule has 0 amide bonds. The van der Waals surface area contributed by atoms with Gasteiger partial charge in [-0.15, -0.1) is 0 Å². The van der Waals surface area contributed by atoms with Crippen LogP contribution in [-0.4, -0.2) is 29.8 Å². The van der Waals surface area contributed by atoms with Crippen molar-refractivity contribution < 1.29 is 23.7 Å². The molecule has 0 saturated heterocycles. The SMILES string of the molecule is Cc1ccc(S(=O)(=O)N=NC(C)CCc2cc(CO)c(O)c(CO)c2)cc1. The molecular weight excluding hydrogens is 368 g/mol. The van der Waals surface area contributed by atoms with Gasteiger partial charge in [0, 0.05) is 11.1 Å². The highest BCUT2D eigenvalue weighted by Crippen LogP contribution is 2.26. The van der Waals surface area contributed by atoms with Crippen molar-refractivity contribution in [2.24, 2.45) is 9.63 Å². The van der Waals surface area contributed by atoms with Gasteiger partial charge in [-0.1, -0.05) is 22.2 Å². The van der Waals surface area contributed by atoms with Gasteiger partial charge >= 0.3 is 0 Å². The fraction of sp³-hybridized carbons (Fsp3) is 0.368. The summed E-state index contributed by atoms with van der Waals surface area (Å²) in [5.74, 6) is -0.110. The number of aryl methyl sites for hydroxylation is 2. The van der Waals surface area contributed by atoms with Gasteiger partial charge in [0.1, 0.15) is 5.75 Å². The summed E-state index contributed by atoms with van der Waals surface area (Å²) in [5, 5.41) is 32.4. The number of aliphatic hydroxyl groups is 2. The Balaban J connectivity index is 2.04. The maximum atomic E-state index is 12.2. The Kier molecular flexibility index (Phi) is 7.06. The van der Waals surface area contributed by atoms with E-state index in [1.165, 1.54) is 12.1 Å². The molecule has 3 N–H and O–H groups in total. The minimum Gasteiger partial charge on any atom is -0.507 e. The van der Waals surface area contributed by atoms with Crippen molar-refractivity contribution in [3.05, 3.63) is 58.7 Å². The van der Waals surface area contributed by atoms with Gasteiger partial charge < -0.3 is 15.3 Å². The fourth-order valence-corrected chi connectivity index (χ4v) is 3.41. The summed E-state index contributed by atoms with van der Waals surface area (Å²) in [4.78, 5) is 0.0998. The predicted octanol–water partition coefficient (Wildman–Crippen LogP) is 2.85. The zero-order chi connectivity index (χ0) is 20.0. The average molecular weight is 392 g/mol. The van der Waals surface area contributed by atoms with Crippen LogP contribution < -0.4 is 0 Å². The molecule has 1 atom stereocenters. The van der Waals surface area contributed by atoms with Gasteiger partial charge in [-0.25, -0.2) is 0 Å². The van der Waals surface area contributed by atoms with Gasteiger partial charge in [-0.05, 0) is 56.5 Å². The van der Waals surface area contributed by atoms with Gasteiger partial charge in [0.2, 0.25) is 0 Å². The topological polar surface area (TPSA) is 120 Å². The highest BCUT2D eigenvalue weighted by Gasteiger charge is 2.14. The number of hydrogen-bond acceptors (Lipinski definition) is 6.